The summed E-state index contributed by atoms with van der Waals surface area (Å²) in [7, 11) is 0. The number of carboxylic acid groups (broad SMARTS) is 1. The zero-order chi connectivity index (χ0) is 16.8. The molecule has 1 aromatic carbocycles. The van der Waals surface area contributed by atoms with Gasteiger partial charge in [0.2, 0.25) is 11.8 Å². The summed E-state index contributed by atoms with van der Waals surface area (Å²) < 4.78 is 0. The molecule has 0 radical (unpaired) electrons. The molecule has 0 spiro atoms. The first-order valence-electron chi connectivity index (χ1n) is 7.04. The first-order valence-corrected chi connectivity index (χ1v) is 7.04. The number of nitrogens with one attached hydrogen (secondary N) is 3. The molecule has 1 unspecified atom stereocenters. The van der Waals surface area contributed by atoms with Crippen LogP contribution in [0.2, 0.25) is 0 Å². The fraction of sp³-hybridized carbons (Fsp3) is 0.267. The van der Waals surface area contributed by atoms with Gasteiger partial charge in [0.05, 0.1) is 12.6 Å². The Morgan fingerprint density at radius 2 is 1.80 bits per heavy atom. The number of hydrogen-bond acceptors (Lipinski definition) is 4. The van der Waals surface area contributed by atoms with Crippen molar-refractivity contribution in [3.05, 3.63) is 36.0 Å². The third-order valence-electron chi connectivity index (χ3n) is 3.31. The molecule has 0 saturated heterocycles. The highest BCUT2D eigenvalue weighted by Crippen LogP contribution is 2.18. The highest BCUT2D eigenvalue weighted by Gasteiger charge is 2.17. The van der Waals surface area contributed by atoms with Gasteiger partial charge in [0.25, 0.3) is 0 Å². The number of carboxylic acids is 1. The second kappa shape index (κ2) is 10.0. The van der Waals surface area contributed by atoms with Crippen LogP contribution in [0.1, 0.15) is 5.56 Å². The van der Waals surface area contributed by atoms with Gasteiger partial charge in [-0.15, -0.1) is 0 Å². The maximum atomic E-state index is 11.9. The van der Waals surface area contributed by atoms with Gasteiger partial charge in [0.1, 0.15) is 6.54 Å². The summed E-state index contributed by atoms with van der Waals surface area (Å²) >= 11 is 0. The van der Waals surface area contributed by atoms with Crippen LogP contribution in [0.15, 0.2) is 30.5 Å². The van der Waals surface area contributed by atoms with E-state index in [9.17, 15) is 14.4 Å². The summed E-state index contributed by atoms with van der Waals surface area (Å²) in [5.41, 5.74) is 7.73. The first-order chi connectivity index (χ1) is 11.0. The Kier molecular flexibility index (Phi) is 8.84. The third-order valence-corrected chi connectivity index (χ3v) is 3.31. The maximum Gasteiger partial charge on any atom is 0.322 e. The minimum Gasteiger partial charge on any atom is -0.480 e. The number of amides is 2. The van der Waals surface area contributed by atoms with Crippen molar-refractivity contribution in [3.63, 3.8) is 0 Å². The smallest absolute Gasteiger partial charge is 0.322 e. The molecule has 10 N–H and O–H groups in total. The molecular weight excluding hydrogens is 332 g/mol. The van der Waals surface area contributed by atoms with Gasteiger partial charge in [-0.25, -0.2) is 0 Å². The monoisotopic (exact) mass is 354 g/mol. The lowest BCUT2D eigenvalue weighted by molar-refractivity contribution is -0.137. The number of fused-ring (bicyclic) bond motifs is 1. The van der Waals surface area contributed by atoms with E-state index in [-0.39, 0.29) is 17.5 Å². The largest absolute Gasteiger partial charge is 0.480 e. The molecule has 2 aromatic rings. The molecule has 1 atom stereocenters. The van der Waals surface area contributed by atoms with Crippen LogP contribution in [0.4, 0.5) is 0 Å². The van der Waals surface area contributed by atoms with Crippen molar-refractivity contribution in [1.82, 2.24) is 15.6 Å². The fourth-order valence-electron chi connectivity index (χ4n) is 2.17. The number of nitrogens with two attached hydrogens (primary N) is 1. The summed E-state index contributed by atoms with van der Waals surface area (Å²) in [5, 5.41) is 14.0. The molecule has 2 amide bonds. The van der Waals surface area contributed by atoms with E-state index >= 15 is 0 Å². The lowest BCUT2D eigenvalue weighted by Gasteiger charge is -2.11. The van der Waals surface area contributed by atoms with Crippen molar-refractivity contribution in [2.75, 3.05) is 13.1 Å². The van der Waals surface area contributed by atoms with E-state index in [2.05, 4.69) is 15.6 Å². The minimum absolute atomic E-state index is 0. The van der Waals surface area contributed by atoms with E-state index in [1.807, 2.05) is 24.3 Å². The van der Waals surface area contributed by atoms with Crippen molar-refractivity contribution in [3.8, 4) is 0 Å². The van der Waals surface area contributed by atoms with Crippen molar-refractivity contribution in [1.29, 1.82) is 0 Å². The van der Waals surface area contributed by atoms with Gasteiger partial charge in [-0.2, -0.15) is 0 Å². The summed E-state index contributed by atoms with van der Waals surface area (Å²) in [6, 6.07) is 6.87. The Bertz CT molecular complexity index is 730. The van der Waals surface area contributed by atoms with Gasteiger partial charge in [0.15, 0.2) is 0 Å². The molecule has 0 aliphatic rings. The molecule has 0 aliphatic carbocycles. The summed E-state index contributed by atoms with van der Waals surface area (Å²) in [6.07, 6.45) is 2.13. The Morgan fingerprint density at radius 3 is 2.48 bits per heavy atom. The molecule has 25 heavy (non-hydrogen) atoms. The number of aliphatic carboxylic acids is 1. The number of H-pyrrole nitrogens is 1. The molecular formula is C15H22N4O6. The number of carbonyl (C=O) groups excluding carboxylic acids is 2. The van der Waals surface area contributed by atoms with E-state index in [1.54, 1.807) is 6.20 Å². The van der Waals surface area contributed by atoms with Crippen molar-refractivity contribution >= 4 is 28.7 Å². The Labute approximate surface area is 143 Å². The van der Waals surface area contributed by atoms with Crippen LogP contribution in [0.3, 0.4) is 0 Å². The van der Waals surface area contributed by atoms with Gasteiger partial charge in [-0.05, 0) is 18.1 Å². The zero-order valence-corrected chi connectivity index (χ0v) is 13.3. The van der Waals surface area contributed by atoms with Crippen LogP contribution in [0.5, 0.6) is 0 Å². The number of aromatic amines is 1. The molecule has 2 rings (SSSR count). The Morgan fingerprint density at radius 1 is 1.12 bits per heavy atom. The summed E-state index contributed by atoms with van der Waals surface area (Å²) in [4.78, 5) is 36.6. The molecule has 10 heteroatoms. The molecule has 10 nitrogen and oxygen atoms in total. The van der Waals surface area contributed by atoms with Crippen LogP contribution < -0.4 is 16.4 Å². The average Bonchev–Trinajstić information content (AvgIpc) is 2.93. The van der Waals surface area contributed by atoms with Crippen molar-refractivity contribution in [2.45, 2.75) is 12.5 Å². The van der Waals surface area contributed by atoms with Crippen LogP contribution in [-0.4, -0.2) is 58.0 Å². The normalized spacial score (nSPS) is 10.9. The fourth-order valence-corrected chi connectivity index (χ4v) is 2.17. The van der Waals surface area contributed by atoms with Gasteiger partial charge in [0, 0.05) is 17.1 Å². The van der Waals surface area contributed by atoms with Gasteiger partial charge >= 0.3 is 5.97 Å². The van der Waals surface area contributed by atoms with Gasteiger partial charge in [-0.1, -0.05) is 18.2 Å². The summed E-state index contributed by atoms with van der Waals surface area (Å²) in [6.45, 7) is -0.802. The predicted molar refractivity (Wildman–Crippen MR) is 90.9 cm³/mol. The Hall–Kier alpha value is -2.95. The summed E-state index contributed by atoms with van der Waals surface area (Å²) in [5.74, 6) is -2.21. The minimum atomic E-state index is -1.15. The van der Waals surface area contributed by atoms with Crippen LogP contribution in [0.25, 0.3) is 10.9 Å². The molecule has 0 bridgehead atoms. The molecule has 1 aromatic heterocycles. The lowest BCUT2D eigenvalue weighted by atomic mass is 10.1. The molecule has 0 aliphatic heterocycles. The van der Waals surface area contributed by atoms with E-state index in [0.717, 1.165) is 16.5 Å². The van der Waals surface area contributed by atoms with Crippen LogP contribution in [0, 0.1) is 0 Å². The van der Waals surface area contributed by atoms with E-state index in [4.69, 9.17) is 10.8 Å². The zero-order valence-electron chi connectivity index (χ0n) is 13.3. The number of carbonyl (C=O) groups is 3. The van der Waals surface area contributed by atoms with E-state index < -0.39 is 30.4 Å². The highest BCUT2D eigenvalue weighted by molar-refractivity contribution is 5.89. The molecule has 0 saturated carbocycles. The molecule has 1 heterocycles. The second-order valence-electron chi connectivity index (χ2n) is 5.06. The number of rotatable bonds is 7. The van der Waals surface area contributed by atoms with Crippen LogP contribution >= 0.6 is 0 Å². The van der Waals surface area contributed by atoms with Crippen molar-refractivity contribution in [2.24, 2.45) is 5.73 Å². The SMILES string of the molecule is NC(Cc1c[nH]c2ccccc12)C(=O)NCC(=O)NCC(=O)O.O.O. The molecule has 0 fully saturated rings. The number of aromatic nitrogens is 1. The topological polar surface area (TPSA) is 200 Å². The van der Waals surface area contributed by atoms with Gasteiger partial charge < -0.3 is 37.4 Å². The Balaban J connectivity index is 0.00000288. The van der Waals surface area contributed by atoms with Gasteiger partial charge in [-0.3, -0.25) is 14.4 Å². The van der Waals surface area contributed by atoms with Crippen LogP contribution in [-0.2, 0) is 20.8 Å². The number of para-hydroxylation sites is 1. The standard InChI is InChI=1S/C15H18N4O4.2H2O/c16-11(15(23)19-7-13(20)18-8-14(21)22)5-9-6-17-12-4-2-1-3-10(9)12;;/h1-4,6,11,17H,5,7-8,16H2,(H,18,20)(H,19,23)(H,21,22);2*1H2. The lowest BCUT2D eigenvalue weighted by Crippen LogP contribution is -2.46. The third kappa shape index (κ3) is 6.22. The van der Waals surface area contributed by atoms with E-state index in [0.29, 0.717) is 6.42 Å². The molecule has 138 valence electrons. The van der Waals surface area contributed by atoms with Crippen molar-refractivity contribution < 1.29 is 30.4 Å². The second-order valence-corrected chi connectivity index (χ2v) is 5.06. The maximum absolute atomic E-state index is 11.9. The first kappa shape index (κ1) is 22.1. The highest BCUT2D eigenvalue weighted by atomic mass is 16.4. The number of hydrogen-bond donors (Lipinski definition) is 5. The van der Waals surface area contributed by atoms with E-state index in [1.165, 1.54) is 0 Å². The quantitative estimate of drug-likeness (QED) is 0.371. The average molecular weight is 354 g/mol. The predicted octanol–water partition coefficient (Wildman–Crippen LogP) is -2.29. The number of benzene rings is 1.